The summed E-state index contributed by atoms with van der Waals surface area (Å²) in [5.41, 5.74) is 0. The lowest BCUT2D eigenvalue weighted by molar-refractivity contribution is -0.161. The van der Waals surface area contributed by atoms with E-state index in [9.17, 15) is 28.9 Å². The molecule has 0 radical (unpaired) electrons. The molecule has 0 aromatic heterocycles. The van der Waals surface area contributed by atoms with E-state index in [-0.39, 0.29) is 25.9 Å². The maximum absolute atomic E-state index is 12.9. The zero-order valence-corrected chi connectivity index (χ0v) is 50.2. The van der Waals surface area contributed by atoms with Crippen molar-refractivity contribution in [2.24, 2.45) is 0 Å². The van der Waals surface area contributed by atoms with Crippen molar-refractivity contribution >= 4 is 25.7 Å². The molecule has 12 heteroatoms. The summed E-state index contributed by atoms with van der Waals surface area (Å²) in [5, 5.41) is 9.84. The number of ether oxygens (including phenoxy) is 3. The van der Waals surface area contributed by atoms with Gasteiger partial charge in [-0.3, -0.25) is 23.4 Å². The van der Waals surface area contributed by atoms with Gasteiger partial charge in [0.2, 0.25) is 0 Å². The Morgan fingerprint density at radius 3 is 1.08 bits per heavy atom. The van der Waals surface area contributed by atoms with Crippen molar-refractivity contribution in [1.82, 2.24) is 0 Å². The van der Waals surface area contributed by atoms with E-state index in [0.717, 1.165) is 103 Å². The van der Waals surface area contributed by atoms with Crippen LogP contribution in [0.4, 0.5) is 0 Å². The van der Waals surface area contributed by atoms with Crippen molar-refractivity contribution in [3.8, 4) is 0 Å². The molecule has 0 amide bonds. The minimum atomic E-state index is -4.78. The Labute approximate surface area is 475 Å². The van der Waals surface area contributed by atoms with Crippen LogP contribution >= 0.6 is 7.82 Å². The van der Waals surface area contributed by atoms with Crippen LogP contribution in [0.2, 0.25) is 0 Å². The molecule has 446 valence electrons. The molecule has 2 N–H and O–H groups in total. The Morgan fingerprint density at radius 1 is 0.372 bits per heavy atom. The lowest BCUT2D eigenvalue weighted by Crippen LogP contribution is -2.30. The van der Waals surface area contributed by atoms with Crippen molar-refractivity contribution in [2.75, 3.05) is 26.4 Å². The van der Waals surface area contributed by atoms with Gasteiger partial charge in [-0.25, -0.2) is 4.57 Å². The number of allylic oxidation sites excluding steroid dienone is 18. The molecule has 0 saturated heterocycles. The number of phosphoric acid groups is 1. The number of esters is 3. The Hall–Kier alpha value is -3.86. The predicted octanol–water partition coefficient (Wildman–Crippen LogP) is 18.6. The SMILES string of the molecule is CC/C=C\C/C=C\C/C=C\C/C=C\C/C=C\CCCC(=O)OC(COC(=O)CCCCCCCCCCCCCCCCCCC)COP(=O)(O)OCC(CO)OC(=O)CCCCCC/C=C\C/C=C\C/C=C\C/C=C\CC. The first-order valence-electron chi connectivity index (χ1n) is 30.8. The number of aliphatic hydroxyl groups excluding tert-OH is 1. The number of phosphoric ester groups is 1. The zero-order valence-electron chi connectivity index (χ0n) is 49.3. The number of carbonyl (C=O) groups is 3. The van der Waals surface area contributed by atoms with E-state index in [0.29, 0.717) is 25.7 Å². The van der Waals surface area contributed by atoms with Crippen molar-refractivity contribution in [1.29, 1.82) is 0 Å². The zero-order chi connectivity index (χ0) is 56.9. The van der Waals surface area contributed by atoms with Crippen LogP contribution in [0, 0.1) is 0 Å². The van der Waals surface area contributed by atoms with Gasteiger partial charge in [-0.15, -0.1) is 0 Å². The smallest absolute Gasteiger partial charge is 0.462 e. The Kier molecular flexibility index (Phi) is 56.3. The minimum absolute atomic E-state index is 0.0842. The third-order valence-corrected chi connectivity index (χ3v) is 13.6. The van der Waals surface area contributed by atoms with Gasteiger partial charge in [-0.05, 0) is 96.3 Å². The molecular formula is C66H111O11P. The summed E-state index contributed by atoms with van der Waals surface area (Å²) in [6, 6.07) is 0. The molecule has 0 fully saturated rings. The molecule has 0 aliphatic heterocycles. The number of hydrogen-bond acceptors (Lipinski definition) is 10. The van der Waals surface area contributed by atoms with Gasteiger partial charge in [0.15, 0.2) is 6.10 Å². The third-order valence-electron chi connectivity index (χ3n) is 12.7. The highest BCUT2D eigenvalue weighted by molar-refractivity contribution is 7.47. The van der Waals surface area contributed by atoms with Gasteiger partial charge in [0.1, 0.15) is 12.7 Å². The molecule has 78 heavy (non-hydrogen) atoms. The molecule has 0 aromatic rings. The van der Waals surface area contributed by atoms with E-state index in [1.165, 1.54) is 83.5 Å². The summed E-state index contributed by atoms with van der Waals surface area (Å²) in [4.78, 5) is 48.7. The molecule has 0 aliphatic carbocycles. The Bertz CT molecular complexity index is 1720. The van der Waals surface area contributed by atoms with Crippen molar-refractivity contribution in [3.63, 3.8) is 0 Å². The van der Waals surface area contributed by atoms with E-state index in [4.69, 9.17) is 23.3 Å². The lowest BCUT2D eigenvalue weighted by atomic mass is 10.0. The average Bonchev–Trinajstić information content (AvgIpc) is 3.43. The van der Waals surface area contributed by atoms with Crippen LogP contribution in [-0.4, -0.2) is 66.5 Å². The summed E-state index contributed by atoms with van der Waals surface area (Å²) in [5.74, 6) is -1.56. The fourth-order valence-corrected chi connectivity index (χ4v) is 8.87. The van der Waals surface area contributed by atoms with Gasteiger partial charge >= 0.3 is 25.7 Å². The highest BCUT2D eigenvalue weighted by atomic mass is 31.2. The maximum atomic E-state index is 12.9. The standard InChI is InChI=1S/C66H111O11P/c1-4-7-10-13-16-19-22-25-28-31-34-37-40-43-46-49-52-55-64(68)73-59-63(77-66(70)57-54-51-48-45-42-39-36-33-30-27-24-21-18-15-12-9-6-3)61-75-78(71,72)74-60-62(58-67)76-65(69)56-53-50-47-44-41-38-35-32-29-26-23-20-17-14-11-8-5-2/h8-9,11-12,17-18,20-21,26-27,29-30,35-36,38-39,45,48,62-63,67H,4-7,10,13-16,19,22-25,28,31-34,37,40-44,46-47,49-61H2,1-3H3,(H,71,72)/b11-8-,12-9-,20-17-,21-18-,29-26-,30-27-,38-35-,39-36-,48-45-. The molecule has 0 aliphatic rings. The number of aliphatic hydroxyl groups is 1. The second-order valence-electron chi connectivity index (χ2n) is 20.1. The van der Waals surface area contributed by atoms with Gasteiger partial charge in [0.05, 0.1) is 19.8 Å². The highest BCUT2D eigenvalue weighted by Gasteiger charge is 2.28. The average molecular weight is 1110 g/mol. The fourth-order valence-electron chi connectivity index (χ4n) is 8.09. The van der Waals surface area contributed by atoms with E-state index < -0.39 is 57.8 Å². The van der Waals surface area contributed by atoms with Crippen LogP contribution < -0.4 is 0 Å². The molecule has 0 spiro atoms. The summed E-state index contributed by atoms with van der Waals surface area (Å²) in [7, 11) is -4.78. The van der Waals surface area contributed by atoms with E-state index in [1.807, 2.05) is 12.2 Å². The molecule has 0 saturated carbocycles. The van der Waals surface area contributed by atoms with Crippen molar-refractivity contribution in [3.05, 3.63) is 109 Å². The Balaban J connectivity index is 4.80. The summed E-state index contributed by atoms with van der Waals surface area (Å²) < 4.78 is 39.5. The van der Waals surface area contributed by atoms with E-state index >= 15 is 0 Å². The first kappa shape index (κ1) is 74.1. The van der Waals surface area contributed by atoms with Crippen LogP contribution in [0.25, 0.3) is 0 Å². The van der Waals surface area contributed by atoms with Gasteiger partial charge in [-0.1, -0.05) is 246 Å². The topological polar surface area (TPSA) is 155 Å². The summed E-state index contributed by atoms with van der Waals surface area (Å²) >= 11 is 0. The molecule has 0 heterocycles. The number of carbonyl (C=O) groups excluding carboxylic acids is 3. The largest absolute Gasteiger partial charge is 0.472 e. The summed E-state index contributed by atoms with van der Waals surface area (Å²) in [6.45, 7) is 4.34. The van der Waals surface area contributed by atoms with Gasteiger partial charge in [-0.2, -0.15) is 0 Å². The quantitative estimate of drug-likeness (QED) is 0.0197. The number of hydrogen-bond donors (Lipinski definition) is 2. The molecule has 0 aromatic carbocycles. The first-order chi connectivity index (χ1) is 38.2. The van der Waals surface area contributed by atoms with Crippen LogP contribution in [0.15, 0.2) is 109 Å². The van der Waals surface area contributed by atoms with Crippen LogP contribution in [-0.2, 0) is 42.2 Å². The van der Waals surface area contributed by atoms with E-state index in [1.54, 1.807) is 0 Å². The van der Waals surface area contributed by atoms with Crippen LogP contribution in [0.3, 0.4) is 0 Å². The fraction of sp³-hybridized carbons (Fsp3) is 0.682. The highest BCUT2D eigenvalue weighted by Crippen LogP contribution is 2.43. The number of unbranched alkanes of at least 4 members (excludes halogenated alkanes) is 21. The third kappa shape index (κ3) is 56.8. The molecule has 11 nitrogen and oxygen atoms in total. The van der Waals surface area contributed by atoms with Crippen LogP contribution in [0.1, 0.15) is 252 Å². The van der Waals surface area contributed by atoms with Gasteiger partial charge < -0.3 is 24.2 Å². The summed E-state index contributed by atoms with van der Waals surface area (Å²) in [6.07, 6.45) is 71.9. The number of rotatable bonds is 56. The molecular weight excluding hydrogens is 1000 g/mol. The maximum Gasteiger partial charge on any atom is 0.472 e. The van der Waals surface area contributed by atoms with Crippen LogP contribution in [0.5, 0.6) is 0 Å². The van der Waals surface area contributed by atoms with Gasteiger partial charge in [0, 0.05) is 19.3 Å². The van der Waals surface area contributed by atoms with Crippen molar-refractivity contribution in [2.45, 2.75) is 264 Å². The van der Waals surface area contributed by atoms with Gasteiger partial charge in [0.25, 0.3) is 0 Å². The first-order valence-corrected chi connectivity index (χ1v) is 32.3. The predicted molar refractivity (Wildman–Crippen MR) is 325 cm³/mol. The molecule has 3 unspecified atom stereocenters. The molecule has 0 bridgehead atoms. The molecule has 3 atom stereocenters. The Morgan fingerprint density at radius 2 is 0.679 bits per heavy atom. The minimum Gasteiger partial charge on any atom is -0.462 e. The normalized spacial score (nSPS) is 14.1. The molecule has 0 rings (SSSR count). The monoisotopic (exact) mass is 1110 g/mol. The lowest BCUT2D eigenvalue weighted by Gasteiger charge is -2.21. The second-order valence-corrected chi connectivity index (χ2v) is 21.6. The van der Waals surface area contributed by atoms with Crippen molar-refractivity contribution < 1.29 is 52.2 Å². The van der Waals surface area contributed by atoms with E-state index in [2.05, 4.69) is 118 Å². The second kappa shape index (κ2) is 59.3.